The smallest absolute Gasteiger partial charge is 0.251 e. The molecule has 9 heteroatoms. The number of anilines is 2. The second kappa shape index (κ2) is 7.80. The molecule has 0 unspecified atom stereocenters. The van der Waals surface area contributed by atoms with Crippen molar-refractivity contribution in [1.29, 1.82) is 0 Å². The number of aryl methyl sites for hydroxylation is 1. The predicted octanol–water partition coefficient (Wildman–Crippen LogP) is 2.91. The molecule has 4 aromatic rings. The van der Waals surface area contributed by atoms with Crippen LogP contribution in [0.25, 0.3) is 11.0 Å². The lowest BCUT2D eigenvalue weighted by molar-refractivity contribution is 0.0951. The first-order chi connectivity index (χ1) is 14.0. The lowest BCUT2D eigenvalue weighted by atomic mass is 10.2. The first-order valence-electron chi connectivity index (χ1n) is 8.87. The van der Waals surface area contributed by atoms with E-state index in [9.17, 15) is 4.79 Å². The van der Waals surface area contributed by atoms with Crippen LogP contribution in [-0.4, -0.2) is 25.8 Å². The highest BCUT2D eigenvalue weighted by atomic mass is 32.2. The Morgan fingerprint density at radius 3 is 2.69 bits per heavy atom. The van der Waals surface area contributed by atoms with Crippen molar-refractivity contribution in [2.24, 2.45) is 0 Å². The van der Waals surface area contributed by atoms with Crippen LogP contribution >= 0.6 is 11.8 Å². The van der Waals surface area contributed by atoms with Crippen LogP contribution in [-0.2, 0) is 6.54 Å². The Kier molecular flexibility index (Phi) is 5.05. The molecule has 0 atom stereocenters. The Morgan fingerprint density at radius 1 is 1.17 bits per heavy atom. The topological polar surface area (TPSA) is 136 Å². The van der Waals surface area contributed by atoms with Crippen molar-refractivity contribution in [3.63, 3.8) is 0 Å². The molecule has 0 aliphatic heterocycles. The lowest BCUT2D eigenvalue weighted by Crippen LogP contribution is -2.22. The molecule has 3 aromatic heterocycles. The number of aromatic amines is 1. The Labute approximate surface area is 171 Å². The summed E-state index contributed by atoms with van der Waals surface area (Å²) in [5.74, 6) is 0.355. The minimum atomic E-state index is -0.134. The average Bonchev–Trinajstić information content (AvgIpc) is 3.02. The highest BCUT2D eigenvalue weighted by molar-refractivity contribution is 7.99. The summed E-state index contributed by atoms with van der Waals surface area (Å²) in [6.07, 6.45) is 3.43. The molecule has 0 aliphatic carbocycles. The van der Waals surface area contributed by atoms with Crippen LogP contribution in [0.2, 0.25) is 0 Å². The molecule has 0 saturated carbocycles. The third-order valence-corrected chi connectivity index (χ3v) is 5.53. The SMILES string of the molecule is Cc1c(Sc2ccc(C(=O)NCc3cccnc3)cc2)[nH]c2nc(N)nc(N)c12. The highest BCUT2D eigenvalue weighted by Gasteiger charge is 2.14. The van der Waals surface area contributed by atoms with E-state index < -0.39 is 0 Å². The Morgan fingerprint density at radius 2 is 1.97 bits per heavy atom. The summed E-state index contributed by atoms with van der Waals surface area (Å²) in [4.78, 5) is 28.8. The zero-order chi connectivity index (χ0) is 20.4. The van der Waals surface area contributed by atoms with Gasteiger partial charge in [-0.25, -0.2) is 0 Å². The van der Waals surface area contributed by atoms with Gasteiger partial charge in [0.1, 0.15) is 11.5 Å². The molecule has 0 bridgehead atoms. The fourth-order valence-electron chi connectivity index (χ4n) is 2.95. The van der Waals surface area contributed by atoms with Crippen LogP contribution in [0, 0.1) is 6.92 Å². The van der Waals surface area contributed by atoms with E-state index >= 15 is 0 Å². The van der Waals surface area contributed by atoms with E-state index in [4.69, 9.17) is 11.5 Å². The van der Waals surface area contributed by atoms with Gasteiger partial charge in [0, 0.05) is 29.4 Å². The van der Waals surface area contributed by atoms with Crippen LogP contribution in [0.3, 0.4) is 0 Å². The summed E-state index contributed by atoms with van der Waals surface area (Å²) >= 11 is 1.53. The zero-order valence-electron chi connectivity index (χ0n) is 15.6. The van der Waals surface area contributed by atoms with Gasteiger partial charge in [-0.3, -0.25) is 9.78 Å². The number of pyridine rings is 1. The number of H-pyrrole nitrogens is 1. The number of hydrogen-bond donors (Lipinski definition) is 4. The molecule has 1 aromatic carbocycles. The van der Waals surface area contributed by atoms with Crippen LogP contribution in [0.5, 0.6) is 0 Å². The number of benzene rings is 1. The number of rotatable bonds is 5. The van der Waals surface area contributed by atoms with Crippen molar-refractivity contribution in [1.82, 2.24) is 25.3 Å². The van der Waals surface area contributed by atoms with Crippen molar-refractivity contribution < 1.29 is 4.79 Å². The maximum Gasteiger partial charge on any atom is 0.251 e. The molecule has 0 aliphatic rings. The number of fused-ring (bicyclic) bond motifs is 1. The number of nitrogens with one attached hydrogen (secondary N) is 2. The molecule has 3 heterocycles. The molecule has 0 radical (unpaired) electrons. The number of nitrogen functional groups attached to an aromatic ring is 2. The van der Waals surface area contributed by atoms with E-state index in [1.54, 1.807) is 24.5 Å². The minimum Gasteiger partial charge on any atom is -0.383 e. The molecule has 1 amide bonds. The van der Waals surface area contributed by atoms with Crippen molar-refractivity contribution >= 4 is 40.5 Å². The van der Waals surface area contributed by atoms with Gasteiger partial charge in [-0.15, -0.1) is 0 Å². The average molecular weight is 405 g/mol. The normalized spacial score (nSPS) is 10.9. The summed E-state index contributed by atoms with van der Waals surface area (Å²) in [5.41, 5.74) is 14.8. The van der Waals surface area contributed by atoms with Crippen LogP contribution in [0.1, 0.15) is 21.5 Å². The number of amides is 1. The van der Waals surface area contributed by atoms with Crippen LogP contribution in [0.15, 0.2) is 58.7 Å². The second-order valence-corrected chi connectivity index (χ2v) is 7.52. The molecule has 0 saturated heterocycles. The molecule has 8 nitrogen and oxygen atoms in total. The van der Waals surface area contributed by atoms with Crippen LogP contribution < -0.4 is 16.8 Å². The number of nitrogens with zero attached hydrogens (tertiary/aromatic N) is 3. The number of hydrogen-bond acceptors (Lipinski definition) is 7. The van der Waals surface area contributed by atoms with Crippen molar-refractivity contribution in [3.8, 4) is 0 Å². The quantitative estimate of drug-likeness (QED) is 0.401. The van der Waals surface area contributed by atoms with Crippen molar-refractivity contribution in [2.75, 3.05) is 11.5 Å². The maximum atomic E-state index is 12.3. The van der Waals surface area contributed by atoms with Gasteiger partial charge in [0.25, 0.3) is 5.91 Å². The maximum absolute atomic E-state index is 12.3. The molecular formula is C20H19N7OS. The number of nitrogens with two attached hydrogens (primary N) is 2. The first-order valence-corrected chi connectivity index (χ1v) is 9.69. The van der Waals surface area contributed by atoms with Gasteiger partial charge in [-0.2, -0.15) is 9.97 Å². The van der Waals surface area contributed by atoms with E-state index in [0.717, 1.165) is 26.4 Å². The minimum absolute atomic E-state index is 0.134. The molecular weight excluding hydrogens is 386 g/mol. The van der Waals surface area contributed by atoms with Gasteiger partial charge in [-0.05, 0) is 48.4 Å². The predicted molar refractivity (Wildman–Crippen MR) is 113 cm³/mol. The van der Waals surface area contributed by atoms with E-state index in [0.29, 0.717) is 23.6 Å². The Hall–Kier alpha value is -3.59. The molecule has 29 heavy (non-hydrogen) atoms. The summed E-state index contributed by atoms with van der Waals surface area (Å²) in [7, 11) is 0. The van der Waals surface area contributed by atoms with Crippen molar-refractivity contribution in [2.45, 2.75) is 23.4 Å². The summed E-state index contributed by atoms with van der Waals surface area (Å²) in [5, 5.41) is 4.56. The monoisotopic (exact) mass is 405 g/mol. The standard InChI is InChI=1S/C20H19N7OS/c1-11-15-16(21)25-20(22)27-17(15)26-19(11)29-14-6-4-13(5-7-14)18(28)24-10-12-3-2-8-23-9-12/h2-9H,10H2,1H3,(H,24,28)(H5,21,22,25,26,27). The second-order valence-electron chi connectivity index (χ2n) is 6.44. The third kappa shape index (κ3) is 3.99. The fraction of sp³-hybridized carbons (Fsp3) is 0.100. The fourth-order valence-corrected chi connectivity index (χ4v) is 3.86. The van der Waals surface area contributed by atoms with Gasteiger partial charge in [0.2, 0.25) is 5.95 Å². The Bertz CT molecular complexity index is 1170. The lowest BCUT2D eigenvalue weighted by Gasteiger charge is -2.06. The molecule has 0 spiro atoms. The molecule has 4 rings (SSSR count). The largest absolute Gasteiger partial charge is 0.383 e. The molecule has 146 valence electrons. The highest BCUT2D eigenvalue weighted by Crippen LogP contribution is 2.35. The number of carbonyl (C=O) groups excluding carboxylic acids is 1. The number of carbonyl (C=O) groups is 1. The third-order valence-electron chi connectivity index (χ3n) is 4.41. The van der Waals surface area contributed by atoms with E-state index in [1.165, 1.54) is 11.8 Å². The summed E-state index contributed by atoms with van der Waals surface area (Å²) in [6.45, 7) is 2.39. The molecule has 0 fully saturated rings. The summed E-state index contributed by atoms with van der Waals surface area (Å²) < 4.78 is 0. The van der Waals surface area contributed by atoms with Gasteiger partial charge < -0.3 is 21.8 Å². The zero-order valence-corrected chi connectivity index (χ0v) is 16.5. The Balaban J connectivity index is 1.47. The van der Waals surface area contributed by atoms with E-state index in [-0.39, 0.29) is 11.9 Å². The first kappa shape index (κ1) is 18.8. The van der Waals surface area contributed by atoms with Gasteiger partial charge in [0.05, 0.1) is 10.4 Å². The van der Waals surface area contributed by atoms with Gasteiger partial charge in [-0.1, -0.05) is 17.8 Å². The van der Waals surface area contributed by atoms with E-state index in [2.05, 4.69) is 25.3 Å². The van der Waals surface area contributed by atoms with Gasteiger partial charge in [0.15, 0.2) is 0 Å². The van der Waals surface area contributed by atoms with E-state index in [1.807, 2.05) is 31.2 Å². The van der Waals surface area contributed by atoms with Crippen LogP contribution in [0.4, 0.5) is 11.8 Å². The summed E-state index contributed by atoms with van der Waals surface area (Å²) in [6, 6.07) is 11.2. The van der Waals surface area contributed by atoms with Gasteiger partial charge >= 0.3 is 0 Å². The number of aromatic nitrogens is 4. The molecule has 6 N–H and O–H groups in total. The van der Waals surface area contributed by atoms with Crippen molar-refractivity contribution in [3.05, 3.63) is 65.5 Å².